The molecule has 0 spiro atoms. The van der Waals surface area contributed by atoms with Crippen molar-refractivity contribution in [1.82, 2.24) is 15.0 Å². The second-order valence-corrected chi connectivity index (χ2v) is 6.50. The van der Waals surface area contributed by atoms with Crippen molar-refractivity contribution < 1.29 is 19.8 Å². The van der Waals surface area contributed by atoms with Gasteiger partial charge >= 0.3 is 11.9 Å². The number of benzene rings is 1. The molecule has 3 heterocycles. The van der Waals surface area contributed by atoms with Crippen LogP contribution < -0.4 is 0 Å². The van der Waals surface area contributed by atoms with E-state index in [4.69, 9.17) is 0 Å². The van der Waals surface area contributed by atoms with Crippen LogP contribution in [0.4, 0.5) is 0 Å². The van der Waals surface area contributed by atoms with Gasteiger partial charge in [-0.1, -0.05) is 0 Å². The maximum absolute atomic E-state index is 11.4. The average Bonchev–Trinajstić information content (AvgIpc) is 2.79. The highest BCUT2D eigenvalue weighted by Crippen LogP contribution is 2.28. The monoisotopic (exact) mass is 397 g/mol. The Kier molecular flexibility index (Phi) is 5.00. The lowest BCUT2D eigenvalue weighted by molar-refractivity contribution is 0.0696. The fourth-order valence-corrected chi connectivity index (χ4v) is 3.09. The first-order valence-corrected chi connectivity index (χ1v) is 8.96. The average molecular weight is 397 g/mol. The highest BCUT2D eigenvalue weighted by Gasteiger charge is 2.13. The minimum atomic E-state index is -1.19. The summed E-state index contributed by atoms with van der Waals surface area (Å²) < 4.78 is 0. The van der Waals surface area contributed by atoms with Gasteiger partial charge in [-0.25, -0.2) is 9.59 Å². The summed E-state index contributed by atoms with van der Waals surface area (Å²) in [5.41, 5.74) is 4.09. The molecule has 0 aliphatic heterocycles. The Bertz CT molecular complexity index is 1220. The standard InChI is InChI=1S/C23H15N3O4/c27-22(28)18-9-17(10-19(11-18)23(29)30)16-4-8-26-21(13-16)20-12-15(3-7-25-20)14-1-5-24-6-2-14/h1-13H,(H,27,28)(H,29,30). The van der Waals surface area contributed by atoms with E-state index < -0.39 is 11.9 Å². The van der Waals surface area contributed by atoms with Crippen molar-refractivity contribution in [2.75, 3.05) is 0 Å². The predicted octanol–water partition coefficient (Wildman–Crippen LogP) is 4.27. The molecule has 0 atom stereocenters. The normalized spacial score (nSPS) is 10.5. The molecule has 0 radical (unpaired) electrons. The van der Waals surface area contributed by atoms with Crippen LogP contribution in [-0.2, 0) is 0 Å². The zero-order chi connectivity index (χ0) is 21.1. The Morgan fingerprint density at radius 3 is 1.53 bits per heavy atom. The zero-order valence-electron chi connectivity index (χ0n) is 15.6. The van der Waals surface area contributed by atoms with Crippen LogP contribution in [0.3, 0.4) is 0 Å². The van der Waals surface area contributed by atoms with Crippen LogP contribution in [0.5, 0.6) is 0 Å². The van der Waals surface area contributed by atoms with Gasteiger partial charge in [0.25, 0.3) is 0 Å². The van der Waals surface area contributed by atoms with E-state index in [-0.39, 0.29) is 11.1 Å². The van der Waals surface area contributed by atoms with Gasteiger partial charge in [0.2, 0.25) is 0 Å². The Labute approximate surface area is 171 Å². The quantitative estimate of drug-likeness (QED) is 0.517. The van der Waals surface area contributed by atoms with Crippen LogP contribution in [0.25, 0.3) is 33.6 Å². The number of carboxylic acid groups (broad SMARTS) is 2. The van der Waals surface area contributed by atoms with Crippen molar-refractivity contribution in [2.45, 2.75) is 0 Å². The van der Waals surface area contributed by atoms with E-state index in [0.29, 0.717) is 22.5 Å². The highest BCUT2D eigenvalue weighted by atomic mass is 16.4. The number of rotatable bonds is 5. The van der Waals surface area contributed by atoms with Gasteiger partial charge in [0, 0.05) is 24.8 Å². The number of carboxylic acids is 2. The molecular weight excluding hydrogens is 382 g/mol. The lowest BCUT2D eigenvalue weighted by Crippen LogP contribution is -2.03. The summed E-state index contributed by atoms with van der Waals surface area (Å²) >= 11 is 0. The molecule has 7 heteroatoms. The van der Waals surface area contributed by atoms with Gasteiger partial charge in [-0.2, -0.15) is 0 Å². The summed E-state index contributed by atoms with van der Waals surface area (Å²) in [5.74, 6) is -2.39. The summed E-state index contributed by atoms with van der Waals surface area (Å²) in [4.78, 5) is 35.6. The molecule has 1 aromatic carbocycles. The molecular formula is C23H15N3O4. The topological polar surface area (TPSA) is 113 Å². The molecule has 0 amide bonds. The van der Waals surface area contributed by atoms with E-state index in [0.717, 1.165) is 17.2 Å². The molecule has 0 aliphatic carbocycles. The Balaban J connectivity index is 1.78. The third kappa shape index (κ3) is 3.90. The summed E-state index contributed by atoms with van der Waals surface area (Å²) in [6.45, 7) is 0. The van der Waals surface area contributed by atoms with Gasteiger partial charge in [0.05, 0.1) is 22.5 Å². The number of aromatic nitrogens is 3. The molecule has 0 bridgehead atoms. The summed E-state index contributed by atoms with van der Waals surface area (Å²) in [6.07, 6.45) is 6.69. The van der Waals surface area contributed by atoms with Crippen molar-refractivity contribution in [3.63, 3.8) is 0 Å². The van der Waals surface area contributed by atoms with Crippen molar-refractivity contribution >= 4 is 11.9 Å². The lowest BCUT2D eigenvalue weighted by atomic mass is 9.99. The number of aromatic carboxylic acids is 2. The second kappa shape index (κ2) is 7.92. The number of carbonyl (C=O) groups is 2. The third-order valence-electron chi connectivity index (χ3n) is 4.56. The first-order valence-electron chi connectivity index (χ1n) is 8.96. The second-order valence-electron chi connectivity index (χ2n) is 6.50. The molecule has 7 nitrogen and oxygen atoms in total. The fraction of sp³-hybridized carbons (Fsp3) is 0. The van der Waals surface area contributed by atoms with Crippen LogP contribution >= 0.6 is 0 Å². The van der Waals surface area contributed by atoms with Crippen LogP contribution in [0.1, 0.15) is 20.7 Å². The van der Waals surface area contributed by atoms with Gasteiger partial charge in [0.15, 0.2) is 0 Å². The van der Waals surface area contributed by atoms with Crippen molar-refractivity contribution in [3.8, 4) is 33.6 Å². The van der Waals surface area contributed by atoms with E-state index in [1.54, 1.807) is 36.9 Å². The maximum atomic E-state index is 11.4. The highest BCUT2D eigenvalue weighted by molar-refractivity contribution is 5.96. The summed E-state index contributed by atoms with van der Waals surface area (Å²) in [7, 11) is 0. The van der Waals surface area contributed by atoms with Gasteiger partial charge < -0.3 is 10.2 Å². The molecule has 4 aromatic rings. The molecule has 146 valence electrons. The van der Waals surface area contributed by atoms with Gasteiger partial charge in [-0.05, 0) is 76.9 Å². The maximum Gasteiger partial charge on any atom is 0.335 e. The first kappa shape index (κ1) is 18.9. The summed E-state index contributed by atoms with van der Waals surface area (Å²) in [6, 6.07) is 15.0. The van der Waals surface area contributed by atoms with E-state index >= 15 is 0 Å². The van der Waals surface area contributed by atoms with E-state index in [1.807, 2.05) is 24.3 Å². The van der Waals surface area contributed by atoms with Gasteiger partial charge in [-0.3, -0.25) is 15.0 Å². The van der Waals surface area contributed by atoms with Crippen molar-refractivity contribution in [2.24, 2.45) is 0 Å². The van der Waals surface area contributed by atoms with Crippen molar-refractivity contribution in [1.29, 1.82) is 0 Å². The Hall–Kier alpha value is -4.39. The van der Waals surface area contributed by atoms with Crippen LogP contribution in [0, 0.1) is 0 Å². The van der Waals surface area contributed by atoms with Gasteiger partial charge in [-0.15, -0.1) is 0 Å². The zero-order valence-corrected chi connectivity index (χ0v) is 15.6. The Morgan fingerprint density at radius 1 is 0.567 bits per heavy atom. The van der Waals surface area contributed by atoms with E-state index in [9.17, 15) is 19.8 Å². The molecule has 2 N–H and O–H groups in total. The minimum absolute atomic E-state index is 0.0962. The smallest absolute Gasteiger partial charge is 0.335 e. The molecule has 0 unspecified atom stereocenters. The number of pyridine rings is 3. The largest absolute Gasteiger partial charge is 0.478 e. The van der Waals surface area contributed by atoms with E-state index in [2.05, 4.69) is 15.0 Å². The molecule has 0 saturated heterocycles. The lowest BCUT2D eigenvalue weighted by Gasteiger charge is -2.08. The van der Waals surface area contributed by atoms with Crippen molar-refractivity contribution in [3.05, 3.63) is 90.5 Å². The fourth-order valence-electron chi connectivity index (χ4n) is 3.09. The predicted molar refractivity (Wildman–Crippen MR) is 110 cm³/mol. The molecule has 30 heavy (non-hydrogen) atoms. The van der Waals surface area contributed by atoms with E-state index in [1.165, 1.54) is 12.1 Å². The first-order chi connectivity index (χ1) is 14.5. The molecule has 3 aromatic heterocycles. The molecule has 0 aliphatic rings. The molecule has 0 saturated carbocycles. The number of hydrogen-bond donors (Lipinski definition) is 2. The summed E-state index contributed by atoms with van der Waals surface area (Å²) in [5, 5.41) is 18.6. The Morgan fingerprint density at radius 2 is 1.03 bits per heavy atom. The number of nitrogens with zero attached hydrogens (tertiary/aromatic N) is 3. The van der Waals surface area contributed by atoms with Crippen LogP contribution in [0.2, 0.25) is 0 Å². The number of hydrogen-bond acceptors (Lipinski definition) is 5. The van der Waals surface area contributed by atoms with Crippen LogP contribution in [-0.4, -0.2) is 37.1 Å². The molecule has 0 fully saturated rings. The SMILES string of the molecule is O=C(O)c1cc(C(=O)O)cc(-c2ccnc(-c3cc(-c4ccncc4)ccn3)c2)c1. The van der Waals surface area contributed by atoms with Crippen LogP contribution in [0.15, 0.2) is 79.4 Å². The van der Waals surface area contributed by atoms with Gasteiger partial charge in [0.1, 0.15) is 0 Å². The third-order valence-corrected chi connectivity index (χ3v) is 4.56. The minimum Gasteiger partial charge on any atom is -0.478 e. The molecule has 4 rings (SSSR count).